The monoisotopic (exact) mass is 329 g/mol. The number of benzene rings is 2. The van der Waals surface area contributed by atoms with Gasteiger partial charge in [0.15, 0.2) is 0 Å². The first-order valence-electron chi connectivity index (χ1n) is 8.55. The number of alkyl halides is 1. The summed E-state index contributed by atoms with van der Waals surface area (Å²) in [5, 5.41) is 0. The summed E-state index contributed by atoms with van der Waals surface area (Å²) >= 11 is 0. The molecule has 2 aromatic rings. The van der Waals surface area contributed by atoms with Crippen molar-refractivity contribution >= 4 is 0 Å². The Morgan fingerprint density at radius 3 is 2.50 bits per heavy atom. The number of ether oxygens (including phenoxy) is 2. The highest BCUT2D eigenvalue weighted by Crippen LogP contribution is 2.22. The molecule has 0 spiro atoms. The molecule has 1 heterocycles. The normalized spacial score (nSPS) is 17.8. The summed E-state index contributed by atoms with van der Waals surface area (Å²) in [4.78, 5) is 2.27. The average molecular weight is 329 g/mol. The first-order chi connectivity index (χ1) is 11.8. The zero-order valence-electron chi connectivity index (χ0n) is 13.9. The first kappa shape index (κ1) is 16.8. The third-order valence-corrected chi connectivity index (χ3v) is 4.21. The molecule has 24 heavy (non-hydrogen) atoms. The maximum Gasteiger partial charge on any atom is 0.120 e. The third-order valence-electron chi connectivity index (χ3n) is 4.21. The number of hydrogen-bond donors (Lipinski definition) is 0. The Balaban J connectivity index is 1.45. The predicted octanol–water partition coefficient (Wildman–Crippen LogP) is 4.08. The SMILES string of the molecule is FCCCN1CCC(Oc2ccc(OCc3ccccc3)cc2)C1. The molecule has 0 aromatic heterocycles. The molecule has 1 aliphatic rings. The van der Waals surface area contributed by atoms with E-state index in [1.807, 2.05) is 54.6 Å². The Labute approximate surface area is 143 Å². The van der Waals surface area contributed by atoms with Crippen LogP contribution >= 0.6 is 0 Å². The van der Waals surface area contributed by atoms with E-state index >= 15 is 0 Å². The highest BCUT2D eigenvalue weighted by Gasteiger charge is 2.23. The van der Waals surface area contributed by atoms with E-state index in [4.69, 9.17) is 9.47 Å². The van der Waals surface area contributed by atoms with E-state index in [0.717, 1.165) is 43.1 Å². The summed E-state index contributed by atoms with van der Waals surface area (Å²) in [6.45, 7) is 3.01. The lowest BCUT2D eigenvalue weighted by Gasteiger charge is -2.16. The van der Waals surface area contributed by atoms with E-state index in [9.17, 15) is 4.39 Å². The summed E-state index contributed by atoms with van der Waals surface area (Å²) in [7, 11) is 0. The second-order valence-corrected chi connectivity index (χ2v) is 6.12. The van der Waals surface area contributed by atoms with Crippen LogP contribution in [0.25, 0.3) is 0 Å². The van der Waals surface area contributed by atoms with Crippen LogP contribution < -0.4 is 9.47 Å². The lowest BCUT2D eigenvalue weighted by molar-refractivity contribution is 0.198. The van der Waals surface area contributed by atoms with Crippen LogP contribution in [0, 0.1) is 0 Å². The van der Waals surface area contributed by atoms with E-state index in [-0.39, 0.29) is 12.8 Å². The van der Waals surface area contributed by atoms with Gasteiger partial charge in [-0.25, -0.2) is 0 Å². The Kier molecular flexibility index (Phi) is 6.07. The lowest BCUT2D eigenvalue weighted by Crippen LogP contribution is -2.26. The summed E-state index contributed by atoms with van der Waals surface area (Å²) in [5.74, 6) is 1.70. The van der Waals surface area contributed by atoms with Gasteiger partial charge in [0.1, 0.15) is 24.2 Å². The van der Waals surface area contributed by atoms with Gasteiger partial charge >= 0.3 is 0 Å². The van der Waals surface area contributed by atoms with Crippen molar-refractivity contribution in [3.8, 4) is 11.5 Å². The van der Waals surface area contributed by atoms with E-state index in [2.05, 4.69) is 4.90 Å². The van der Waals surface area contributed by atoms with E-state index in [0.29, 0.717) is 13.0 Å². The molecule has 1 unspecified atom stereocenters. The summed E-state index contributed by atoms with van der Waals surface area (Å²) < 4.78 is 24.0. The van der Waals surface area contributed by atoms with Crippen LogP contribution in [0.4, 0.5) is 4.39 Å². The van der Waals surface area contributed by atoms with Crippen LogP contribution in [0.2, 0.25) is 0 Å². The van der Waals surface area contributed by atoms with Gasteiger partial charge in [-0.15, -0.1) is 0 Å². The molecule has 0 saturated carbocycles. The Hall–Kier alpha value is -2.07. The molecule has 1 atom stereocenters. The van der Waals surface area contributed by atoms with Crippen LogP contribution in [0.3, 0.4) is 0 Å². The fourth-order valence-corrected chi connectivity index (χ4v) is 2.93. The number of halogens is 1. The van der Waals surface area contributed by atoms with Crippen molar-refractivity contribution < 1.29 is 13.9 Å². The summed E-state index contributed by atoms with van der Waals surface area (Å²) in [6.07, 6.45) is 1.80. The molecule has 1 fully saturated rings. The van der Waals surface area contributed by atoms with Gasteiger partial charge in [-0.05, 0) is 42.7 Å². The van der Waals surface area contributed by atoms with Crippen molar-refractivity contribution in [3.63, 3.8) is 0 Å². The van der Waals surface area contributed by atoms with Gasteiger partial charge in [0, 0.05) is 19.6 Å². The molecule has 0 amide bonds. The second-order valence-electron chi connectivity index (χ2n) is 6.12. The Morgan fingerprint density at radius 1 is 1.00 bits per heavy atom. The van der Waals surface area contributed by atoms with Gasteiger partial charge in [0.2, 0.25) is 0 Å². The van der Waals surface area contributed by atoms with Crippen LogP contribution in [-0.4, -0.2) is 37.3 Å². The third kappa shape index (κ3) is 4.96. The molecule has 3 nitrogen and oxygen atoms in total. The molecule has 0 aliphatic carbocycles. The summed E-state index contributed by atoms with van der Waals surface area (Å²) in [5.41, 5.74) is 1.15. The summed E-state index contributed by atoms with van der Waals surface area (Å²) in [6, 6.07) is 17.9. The van der Waals surface area contributed by atoms with Gasteiger partial charge in [-0.3, -0.25) is 9.29 Å². The van der Waals surface area contributed by atoms with Crippen LogP contribution in [0.5, 0.6) is 11.5 Å². The zero-order valence-corrected chi connectivity index (χ0v) is 13.9. The Bertz CT molecular complexity index is 603. The largest absolute Gasteiger partial charge is 0.489 e. The van der Waals surface area contributed by atoms with E-state index in [1.165, 1.54) is 0 Å². The predicted molar refractivity (Wildman–Crippen MR) is 93.3 cm³/mol. The van der Waals surface area contributed by atoms with Crippen molar-refractivity contribution in [1.29, 1.82) is 0 Å². The number of rotatable bonds is 8. The minimum Gasteiger partial charge on any atom is -0.489 e. The van der Waals surface area contributed by atoms with Gasteiger partial charge < -0.3 is 9.47 Å². The van der Waals surface area contributed by atoms with Crippen LogP contribution in [0.15, 0.2) is 54.6 Å². The zero-order chi connectivity index (χ0) is 16.6. The van der Waals surface area contributed by atoms with Crippen molar-refractivity contribution in [2.24, 2.45) is 0 Å². The maximum atomic E-state index is 12.2. The van der Waals surface area contributed by atoms with Gasteiger partial charge in [0.25, 0.3) is 0 Å². The maximum absolute atomic E-state index is 12.2. The van der Waals surface area contributed by atoms with E-state index < -0.39 is 0 Å². The molecule has 0 radical (unpaired) electrons. The molecule has 0 N–H and O–H groups in total. The number of hydrogen-bond acceptors (Lipinski definition) is 3. The average Bonchev–Trinajstić information content (AvgIpc) is 3.07. The molecular formula is C20H24FNO2. The molecule has 128 valence electrons. The number of likely N-dealkylation sites (tertiary alicyclic amines) is 1. The molecule has 2 aromatic carbocycles. The Morgan fingerprint density at radius 2 is 1.75 bits per heavy atom. The minimum absolute atomic E-state index is 0.195. The molecule has 3 rings (SSSR count). The molecule has 1 aliphatic heterocycles. The molecule has 0 bridgehead atoms. The van der Waals surface area contributed by atoms with Gasteiger partial charge in [-0.1, -0.05) is 30.3 Å². The smallest absolute Gasteiger partial charge is 0.120 e. The minimum atomic E-state index is -0.244. The van der Waals surface area contributed by atoms with E-state index in [1.54, 1.807) is 0 Å². The first-order valence-corrected chi connectivity index (χ1v) is 8.55. The van der Waals surface area contributed by atoms with Gasteiger partial charge in [-0.2, -0.15) is 0 Å². The van der Waals surface area contributed by atoms with Gasteiger partial charge in [0.05, 0.1) is 6.67 Å². The topological polar surface area (TPSA) is 21.7 Å². The lowest BCUT2D eigenvalue weighted by atomic mass is 10.2. The highest BCUT2D eigenvalue weighted by atomic mass is 19.1. The fourth-order valence-electron chi connectivity index (χ4n) is 2.93. The quantitative estimate of drug-likeness (QED) is 0.728. The fraction of sp³-hybridized carbons (Fsp3) is 0.400. The standard InChI is InChI=1S/C20H24FNO2/c21-12-4-13-22-14-11-20(15-22)24-19-9-7-18(8-10-19)23-16-17-5-2-1-3-6-17/h1-3,5-10,20H,4,11-16H2. The molecule has 4 heteroatoms. The van der Waals surface area contributed by atoms with Crippen molar-refractivity contribution in [1.82, 2.24) is 4.90 Å². The van der Waals surface area contributed by atoms with Crippen LogP contribution in [0.1, 0.15) is 18.4 Å². The molecule has 1 saturated heterocycles. The van der Waals surface area contributed by atoms with Crippen molar-refractivity contribution in [2.75, 3.05) is 26.3 Å². The van der Waals surface area contributed by atoms with Crippen molar-refractivity contribution in [2.45, 2.75) is 25.6 Å². The number of nitrogens with zero attached hydrogens (tertiary/aromatic N) is 1. The second kappa shape index (κ2) is 8.69. The molecular weight excluding hydrogens is 305 g/mol. The highest BCUT2D eigenvalue weighted by molar-refractivity contribution is 5.31. The van der Waals surface area contributed by atoms with Crippen molar-refractivity contribution in [3.05, 3.63) is 60.2 Å². The van der Waals surface area contributed by atoms with Crippen LogP contribution in [-0.2, 0) is 6.61 Å².